The number of hydrogen-bond acceptors (Lipinski definition) is 5. The standard InChI is InChI=1S/C19H23FN4O3/c1-4-24(9-17(25)26)14-7-13(8-14)23-19(27)15-5-12(20)6-16-18(15)22-11(3)10(2)21-16/h5-6,13-14H,4,7-9H2,1-3H3,(H,23,27)(H,25,26). The van der Waals surface area contributed by atoms with Gasteiger partial charge in [0.05, 0.1) is 29.0 Å². The number of aliphatic carboxylic acids is 1. The number of carboxylic acids is 1. The van der Waals surface area contributed by atoms with Crippen LogP contribution in [0.1, 0.15) is 41.5 Å². The second-order valence-corrected chi connectivity index (χ2v) is 6.97. The molecule has 7 nitrogen and oxygen atoms in total. The van der Waals surface area contributed by atoms with E-state index in [2.05, 4.69) is 15.3 Å². The van der Waals surface area contributed by atoms with Gasteiger partial charge < -0.3 is 10.4 Å². The van der Waals surface area contributed by atoms with Crippen LogP contribution in [-0.2, 0) is 4.79 Å². The summed E-state index contributed by atoms with van der Waals surface area (Å²) in [6.07, 6.45) is 1.34. The lowest BCUT2D eigenvalue weighted by atomic mass is 9.85. The Labute approximate surface area is 156 Å². The Morgan fingerprint density at radius 1 is 1.26 bits per heavy atom. The lowest BCUT2D eigenvalue weighted by molar-refractivity contribution is -0.139. The summed E-state index contributed by atoms with van der Waals surface area (Å²) in [5, 5.41) is 11.9. The van der Waals surface area contributed by atoms with Gasteiger partial charge in [0.15, 0.2) is 0 Å². The van der Waals surface area contributed by atoms with Crippen LogP contribution >= 0.6 is 0 Å². The molecule has 8 heteroatoms. The first kappa shape index (κ1) is 19.2. The van der Waals surface area contributed by atoms with Crippen molar-refractivity contribution in [3.8, 4) is 0 Å². The van der Waals surface area contributed by atoms with Gasteiger partial charge >= 0.3 is 5.97 Å². The third-order valence-electron chi connectivity index (χ3n) is 5.10. The first-order valence-electron chi connectivity index (χ1n) is 8.99. The van der Waals surface area contributed by atoms with E-state index >= 15 is 0 Å². The van der Waals surface area contributed by atoms with Crippen LogP contribution < -0.4 is 5.32 Å². The Balaban J connectivity index is 1.73. The summed E-state index contributed by atoms with van der Waals surface area (Å²) in [7, 11) is 0. The molecule has 0 aliphatic heterocycles. The van der Waals surface area contributed by atoms with Crippen molar-refractivity contribution >= 4 is 22.9 Å². The molecule has 2 aromatic rings. The topological polar surface area (TPSA) is 95.4 Å². The summed E-state index contributed by atoms with van der Waals surface area (Å²) in [4.78, 5) is 34.2. The van der Waals surface area contributed by atoms with Crippen molar-refractivity contribution in [3.05, 3.63) is 34.9 Å². The molecule has 1 saturated carbocycles. The van der Waals surface area contributed by atoms with Crippen LogP contribution in [-0.4, -0.2) is 57.0 Å². The van der Waals surface area contributed by atoms with Gasteiger partial charge in [-0.25, -0.2) is 14.4 Å². The summed E-state index contributed by atoms with van der Waals surface area (Å²) in [6.45, 7) is 6.13. The number of amides is 1. The quantitative estimate of drug-likeness (QED) is 0.804. The molecular formula is C19H23FN4O3. The fraction of sp³-hybridized carbons (Fsp3) is 0.474. The molecule has 0 spiro atoms. The van der Waals surface area contributed by atoms with Crippen LogP contribution in [0.5, 0.6) is 0 Å². The highest BCUT2D eigenvalue weighted by molar-refractivity contribution is 6.05. The van der Waals surface area contributed by atoms with Crippen LogP contribution in [0, 0.1) is 19.7 Å². The van der Waals surface area contributed by atoms with E-state index in [1.54, 1.807) is 13.8 Å². The molecular weight excluding hydrogens is 351 g/mol. The average molecular weight is 374 g/mol. The molecule has 27 heavy (non-hydrogen) atoms. The van der Waals surface area contributed by atoms with E-state index < -0.39 is 11.8 Å². The molecule has 0 radical (unpaired) electrons. The van der Waals surface area contributed by atoms with Gasteiger partial charge in [-0.15, -0.1) is 0 Å². The minimum atomic E-state index is -0.861. The predicted octanol–water partition coefficient (Wildman–Crippen LogP) is 2.05. The highest BCUT2D eigenvalue weighted by Crippen LogP contribution is 2.26. The summed E-state index contributed by atoms with van der Waals surface area (Å²) >= 11 is 0. The number of likely N-dealkylation sites (N-methyl/N-ethyl adjacent to an activating group) is 1. The van der Waals surface area contributed by atoms with E-state index in [0.29, 0.717) is 41.8 Å². The number of fused-ring (bicyclic) bond motifs is 1. The average Bonchev–Trinajstić information content (AvgIpc) is 2.56. The van der Waals surface area contributed by atoms with Gasteiger partial charge in [0.25, 0.3) is 5.91 Å². The fourth-order valence-corrected chi connectivity index (χ4v) is 3.41. The number of nitrogens with one attached hydrogen (secondary N) is 1. The van der Waals surface area contributed by atoms with E-state index in [0.717, 1.165) is 0 Å². The highest BCUT2D eigenvalue weighted by atomic mass is 19.1. The van der Waals surface area contributed by atoms with Gasteiger partial charge in [-0.05, 0) is 39.3 Å². The van der Waals surface area contributed by atoms with Crippen LogP contribution in [0.4, 0.5) is 4.39 Å². The van der Waals surface area contributed by atoms with E-state index in [-0.39, 0.29) is 30.1 Å². The Kier molecular flexibility index (Phi) is 5.36. The summed E-state index contributed by atoms with van der Waals surface area (Å²) in [5.41, 5.74) is 2.29. The molecule has 1 aliphatic carbocycles. The Morgan fingerprint density at radius 2 is 1.93 bits per heavy atom. The molecule has 1 heterocycles. The molecule has 0 unspecified atom stereocenters. The van der Waals surface area contributed by atoms with Gasteiger partial charge in [-0.2, -0.15) is 0 Å². The molecule has 1 aromatic heterocycles. The molecule has 1 fully saturated rings. The molecule has 0 bridgehead atoms. The van der Waals surface area contributed by atoms with Gasteiger partial charge in [0.2, 0.25) is 0 Å². The molecule has 0 saturated heterocycles. The first-order chi connectivity index (χ1) is 12.8. The zero-order valence-corrected chi connectivity index (χ0v) is 15.6. The number of carboxylic acid groups (broad SMARTS) is 1. The summed E-state index contributed by atoms with van der Waals surface area (Å²) in [6, 6.07) is 2.52. The van der Waals surface area contributed by atoms with E-state index in [9.17, 15) is 14.0 Å². The number of hydrogen-bond donors (Lipinski definition) is 2. The lowest BCUT2D eigenvalue weighted by Crippen LogP contribution is -2.54. The molecule has 144 valence electrons. The largest absolute Gasteiger partial charge is 0.480 e. The van der Waals surface area contributed by atoms with Crippen molar-refractivity contribution in [2.45, 2.75) is 45.7 Å². The minimum Gasteiger partial charge on any atom is -0.480 e. The second kappa shape index (κ2) is 7.56. The molecule has 0 atom stereocenters. The van der Waals surface area contributed by atoms with Crippen LogP contribution in [0.15, 0.2) is 12.1 Å². The number of aromatic nitrogens is 2. The molecule has 3 rings (SSSR count). The Morgan fingerprint density at radius 3 is 2.56 bits per heavy atom. The maximum absolute atomic E-state index is 13.9. The zero-order valence-electron chi connectivity index (χ0n) is 15.6. The third kappa shape index (κ3) is 4.05. The SMILES string of the molecule is CCN(CC(=O)O)C1CC(NC(=O)c2cc(F)cc3nc(C)c(C)nc23)C1. The molecule has 1 aromatic carbocycles. The number of halogens is 1. The fourth-order valence-electron chi connectivity index (χ4n) is 3.41. The van der Waals surface area contributed by atoms with Crippen molar-refractivity contribution < 1.29 is 19.1 Å². The minimum absolute atomic E-state index is 0.00934. The number of aryl methyl sites for hydroxylation is 2. The maximum atomic E-state index is 13.9. The molecule has 2 N–H and O–H groups in total. The Bertz CT molecular complexity index is 896. The van der Waals surface area contributed by atoms with Crippen molar-refractivity contribution in [1.29, 1.82) is 0 Å². The van der Waals surface area contributed by atoms with E-state index in [4.69, 9.17) is 5.11 Å². The van der Waals surface area contributed by atoms with Gasteiger partial charge in [-0.1, -0.05) is 6.92 Å². The molecule has 1 amide bonds. The van der Waals surface area contributed by atoms with Crippen LogP contribution in [0.2, 0.25) is 0 Å². The van der Waals surface area contributed by atoms with Gasteiger partial charge in [-0.3, -0.25) is 14.5 Å². The van der Waals surface area contributed by atoms with Crippen molar-refractivity contribution in [3.63, 3.8) is 0 Å². The Hall–Kier alpha value is -2.61. The summed E-state index contributed by atoms with van der Waals surface area (Å²) < 4.78 is 13.9. The zero-order chi connectivity index (χ0) is 19.7. The number of nitrogens with zero attached hydrogens (tertiary/aromatic N) is 3. The normalized spacial score (nSPS) is 19.1. The number of benzene rings is 1. The van der Waals surface area contributed by atoms with Crippen LogP contribution in [0.3, 0.4) is 0 Å². The number of carbonyl (C=O) groups is 2. The van der Waals surface area contributed by atoms with Gasteiger partial charge in [0, 0.05) is 18.2 Å². The van der Waals surface area contributed by atoms with Crippen LogP contribution in [0.25, 0.3) is 11.0 Å². The monoisotopic (exact) mass is 374 g/mol. The van der Waals surface area contributed by atoms with E-state index in [1.807, 2.05) is 11.8 Å². The number of rotatable bonds is 6. The third-order valence-corrected chi connectivity index (χ3v) is 5.10. The number of carbonyl (C=O) groups excluding carboxylic acids is 1. The highest BCUT2D eigenvalue weighted by Gasteiger charge is 2.35. The second-order valence-electron chi connectivity index (χ2n) is 6.97. The van der Waals surface area contributed by atoms with Gasteiger partial charge in [0.1, 0.15) is 11.3 Å². The smallest absolute Gasteiger partial charge is 0.317 e. The first-order valence-corrected chi connectivity index (χ1v) is 8.99. The molecule has 1 aliphatic rings. The maximum Gasteiger partial charge on any atom is 0.317 e. The van der Waals surface area contributed by atoms with Crippen molar-refractivity contribution in [2.24, 2.45) is 0 Å². The van der Waals surface area contributed by atoms with E-state index in [1.165, 1.54) is 12.1 Å². The van der Waals surface area contributed by atoms with Crippen molar-refractivity contribution in [1.82, 2.24) is 20.2 Å². The lowest BCUT2D eigenvalue weighted by Gasteiger charge is -2.42. The predicted molar refractivity (Wildman–Crippen MR) is 98.1 cm³/mol. The summed E-state index contributed by atoms with van der Waals surface area (Å²) in [5.74, 6) is -1.78. The van der Waals surface area contributed by atoms with Crippen molar-refractivity contribution in [2.75, 3.05) is 13.1 Å².